The van der Waals surface area contributed by atoms with Gasteiger partial charge in [-0.1, -0.05) is 65.3 Å². The molecule has 0 aliphatic carbocycles. The summed E-state index contributed by atoms with van der Waals surface area (Å²) in [7, 11) is -2.85. The van der Waals surface area contributed by atoms with Crippen molar-refractivity contribution in [1.29, 1.82) is 0 Å². The minimum absolute atomic E-state index is 0.000999. The fourth-order valence-corrected chi connectivity index (χ4v) is 5.63. The van der Waals surface area contributed by atoms with Crippen molar-refractivity contribution in [2.75, 3.05) is 30.8 Å². The minimum Gasteiger partial charge on any atom is -0.495 e. The maximum atomic E-state index is 14.1. The highest BCUT2D eigenvalue weighted by Gasteiger charge is 2.34. The number of hydrogen-bond donors (Lipinski definition) is 1. The van der Waals surface area contributed by atoms with E-state index in [1.165, 1.54) is 24.1 Å². The summed E-state index contributed by atoms with van der Waals surface area (Å²) in [5.41, 5.74) is 0.971. The summed E-state index contributed by atoms with van der Waals surface area (Å²) in [6.45, 7) is 1.58. The van der Waals surface area contributed by atoms with E-state index >= 15 is 0 Å². The van der Waals surface area contributed by atoms with Crippen LogP contribution in [0.3, 0.4) is 0 Å². The van der Waals surface area contributed by atoms with Crippen molar-refractivity contribution < 1.29 is 27.7 Å². The van der Waals surface area contributed by atoms with Crippen molar-refractivity contribution in [2.45, 2.75) is 32.4 Å². The van der Waals surface area contributed by atoms with Crippen molar-refractivity contribution in [3.8, 4) is 5.75 Å². The van der Waals surface area contributed by atoms with E-state index < -0.39 is 33.4 Å². The van der Waals surface area contributed by atoms with E-state index in [1.54, 1.807) is 12.1 Å². The standard InChI is InChI=1S/C29H33BrN4O7S/c1-4-15-31-29(36)26(17-21-9-6-5-7-10-21)32(19-22-11-8-12-23(30)16-22)28(35)20-33(42(3,39)40)25-18-24(34(37)38)13-14-27(25)41-2/h5-14,16,18,26H,4,15,17,19-20H2,1-3H3,(H,31,36)/t26-/m0/s1. The molecule has 0 saturated heterocycles. The summed E-state index contributed by atoms with van der Waals surface area (Å²) >= 11 is 3.44. The van der Waals surface area contributed by atoms with E-state index in [1.807, 2.05) is 49.4 Å². The molecule has 0 aliphatic rings. The Morgan fingerprint density at radius 3 is 2.33 bits per heavy atom. The summed E-state index contributed by atoms with van der Waals surface area (Å²) < 4.78 is 32.9. The molecule has 0 radical (unpaired) electrons. The number of sulfonamides is 1. The van der Waals surface area contributed by atoms with Gasteiger partial charge in [-0.25, -0.2) is 8.42 Å². The molecule has 0 spiro atoms. The lowest BCUT2D eigenvalue weighted by Crippen LogP contribution is -2.53. The summed E-state index contributed by atoms with van der Waals surface area (Å²) in [6, 6.07) is 18.9. The van der Waals surface area contributed by atoms with Crippen molar-refractivity contribution in [2.24, 2.45) is 0 Å². The van der Waals surface area contributed by atoms with Crippen LogP contribution < -0.4 is 14.4 Å². The topological polar surface area (TPSA) is 139 Å². The number of nitro benzene ring substituents is 1. The number of ether oxygens (including phenoxy) is 1. The molecule has 11 nitrogen and oxygen atoms in total. The second-order valence-electron chi connectivity index (χ2n) is 9.53. The number of benzene rings is 3. The number of carbonyl (C=O) groups excluding carboxylic acids is 2. The molecule has 0 saturated carbocycles. The monoisotopic (exact) mass is 660 g/mol. The fourth-order valence-electron chi connectivity index (χ4n) is 4.33. The average Bonchev–Trinajstić information content (AvgIpc) is 2.95. The van der Waals surface area contributed by atoms with Crippen LogP contribution in [-0.4, -0.2) is 62.6 Å². The first-order valence-corrected chi connectivity index (χ1v) is 15.7. The Morgan fingerprint density at radius 1 is 1.05 bits per heavy atom. The Balaban J connectivity index is 2.12. The van der Waals surface area contributed by atoms with Crippen LogP contribution in [0.15, 0.2) is 77.3 Å². The van der Waals surface area contributed by atoms with Crippen molar-refractivity contribution in [3.05, 3.63) is 98.5 Å². The highest BCUT2D eigenvalue weighted by atomic mass is 79.9. The average molecular weight is 662 g/mol. The van der Waals surface area contributed by atoms with Gasteiger partial charge in [0.15, 0.2) is 0 Å². The van der Waals surface area contributed by atoms with Crippen LogP contribution in [0.4, 0.5) is 11.4 Å². The zero-order valence-corrected chi connectivity index (χ0v) is 25.9. The summed E-state index contributed by atoms with van der Waals surface area (Å²) in [5, 5.41) is 14.4. The predicted octanol–water partition coefficient (Wildman–Crippen LogP) is 4.30. The minimum atomic E-state index is -4.15. The summed E-state index contributed by atoms with van der Waals surface area (Å²) in [4.78, 5) is 39.9. The number of halogens is 1. The van der Waals surface area contributed by atoms with E-state index in [9.17, 15) is 28.1 Å². The number of carbonyl (C=O) groups is 2. The van der Waals surface area contributed by atoms with Crippen LogP contribution in [0, 0.1) is 10.1 Å². The highest BCUT2D eigenvalue weighted by Crippen LogP contribution is 2.34. The van der Waals surface area contributed by atoms with E-state index in [0.29, 0.717) is 18.5 Å². The van der Waals surface area contributed by atoms with Gasteiger partial charge in [0, 0.05) is 36.1 Å². The molecule has 2 amide bonds. The van der Waals surface area contributed by atoms with Gasteiger partial charge in [-0.15, -0.1) is 0 Å². The molecule has 0 aliphatic heterocycles. The van der Waals surface area contributed by atoms with Gasteiger partial charge in [0.05, 0.1) is 18.3 Å². The van der Waals surface area contributed by atoms with Gasteiger partial charge in [0.1, 0.15) is 24.0 Å². The third-order valence-electron chi connectivity index (χ3n) is 6.38. The first kappa shape index (κ1) is 32.5. The third kappa shape index (κ3) is 8.76. The lowest BCUT2D eigenvalue weighted by molar-refractivity contribution is -0.384. The molecule has 1 N–H and O–H groups in total. The second kappa shape index (κ2) is 14.8. The van der Waals surface area contributed by atoms with Crippen LogP contribution in [0.2, 0.25) is 0 Å². The first-order chi connectivity index (χ1) is 19.9. The van der Waals surface area contributed by atoms with E-state index in [4.69, 9.17) is 4.74 Å². The molecule has 224 valence electrons. The highest BCUT2D eigenvalue weighted by molar-refractivity contribution is 9.10. The fraction of sp³-hybridized carbons (Fsp3) is 0.310. The van der Waals surface area contributed by atoms with E-state index in [2.05, 4.69) is 21.2 Å². The van der Waals surface area contributed by atoms with Crippen LogP contribution in [0.5, 0.6) is 5.75 Å². The van der Waals surface area contributed by atoms with Crippen molar-refractivity contribution in [1.82, 2.24) is 10.2 Å². The Bertz CT molecular complexity index is 1520. The lowest BCUT2D eigenvalue weighted by atomic mass is 10.0. The number of anilines is 1. The maximum absolute atomic E-state index is 14.1. The third-order valence-corrected chi connectivity index (χ3v) is 8.00. The van der Waals surface area contributed by atoms with Gasteiger partial charge in [-0.05, 0) is 35.7 Å². The van der Waals surface area contributed by atoms with Gasteiger partial charge in [-0.2, -0.15) is 0 Å². The number of rotatable bonds is 14. The van der Waals surface area contributed by atoms with Crippen LogP contribution in [0.1, 0.15) is 24.5 Å². The first-order valence-electron chi connectivity index (χ1n) is 13.1. The second-order valence-corrected chi connectivity index (χ2v) is 12.4. The van der Waals surface area contributed by atoms with Gasteiger partial charge < -0.3 is 15.0 Å². The SMILES string of the molecule is CCCNC(=O)[C@H](Cc1ccccc1)N(Cc1cccc(Br)c1)C(=O)CN(c1cc([N+](=O)[O-])ccc1OC)S(C)(=O)=O. The van der Waals surface area contributed by atoms with Crippen molar-refractivity contribution >= 4 is 49.1 Å². The number of amides is 2. The largest absolute Gasteiger partial charge is 0.495 e. The predicted molar refractivity (Wildman–Crippen MR) is 164 cm³/mol. The number of hydrogen-bond acceptors (Lipinski definition) is 7. The van der Waals surface area contributed by atoms with Gasteiger partial charge >= 0.3 is 0 Å². The van der Waals surface area contributed by atoms with Gasteiger partial charge in [0.2, 0.25) is 21.8 Å². The molecule has 3 aromatic rings. The molecule has 1 atom stereocenters. The molecule has 0 unspecified atom stereocenters. The summed E-state index contributed by atoms with van der Waals surface area (Å²) in [6.07, 6.45) is 1.75. The maximum Gasteiger partial charge on any atom is 0.271 e. The van der Waals surface area contributed by atoms with Crippen molar-refractivity contribution in [3.63, 3.8) is 0 Å². The molecule has 0 bridgehead atoms. The number of non-ortho nitro benzene ring substituents is 1. The smallest absolute Gasteiger partial charge is 0.271 e. The number of nitrogens with zero attached hydrogens (tertiary/aromatic N) is 3. The number of nitro groups is 1. The Morgan fingerprint density at radius 2 is 1.74 bits per heavy atom. The normalized spacial score (nSPS) is 11.8. The Kier molecular flexibility index (Phi) is 11.5. The van der Waals surface area contributed by atoms with E-state index in [0.717, 1.165) is 26.7 Å². The van der Waals surface area contributed by atoms with E-state index in [-0.39, 0.29) is 36.0 Å². The zero-order valence-electron chi connectivity index (χ0n) is 23.5. The summed E-state index contributed by atoms with van der Waals surface area (Å²) in [5.74, 6) is -1.04. The van der Waals surface area contributed by atoms with Gasteiger partial charge in [-0.3, -0.25) is 24.0 Å². The quantitative estimate of drug-likeness (QED) is 0.201. The Hall–Kier alpha value is -3.97. The van der Waals surface area contributed by atoms with Gasteiger partial charge in [0.25, 0.3) is 5.69 Å². The molecule has 13 heteroatoms. The number of methoxy groups -OCH3 is 1. The molecule has 3 rings (SSSR count). The van der Waals surface area contributed by atoms with Crippen LogP contribution in [0.25, 0.3) is 0 Å². The lowest BCUT2D eigenvalue weighted by Gasteiger charge is -2.33. The molecule has 3 aromatic carbocycles. The number of nitrogens with one attached hydrogen (secondary N) is 1. The Labute approximate surface area is 253 Å². The zero-order chi connectivity index (χ0) is 30.9. The molecule has 42 heavy (non-hydrogen) atoms. The molecule has 0 heterocycles. The van der Waals surface area contributed by atoms with Crippen LogP contribution >= 0.6 is 15.9 Å². The van der Waals surface area contributed by atoms with Crippen LogP contribution in [-0.2, 0) is 32.6 Å². The molecule has 0 fully saturated rings. The molecular formula is C29H33BrN4O7S. The molecule has 0 aromatic heterocycles. The molecular weight excluding hydrogens is 628 g/mol.